The molecular formula is C15H24N2O3S. The minimum atomic E-state index is -3.16. The van der Waals surface area contributed by atoms with Gasteiger partial charge in [0.25, 0.3) is 0 Å². The molecule has 1 N–H and O–H groups in total. The molecule has 1 saturated carbocycles. The summed E-state index contributed by atoms with van der Waals surface area (Å²) in [6, 6.07) is 3.80. The third-order valence-corrected chi connectivity index (χ3v) is 5.39. The molecule has 0 spiro atoms. The number of sulfonamides is 1. The molecule has 118 valence electrons. The topological polar surface area (TPSA) is 68.3 Å². The summed E-state index contributed by atoms with van der Waals surface area (Å²) in [5.74, 6) is 1.09. The Morgan fingerprint density at radius 3 is 2.76 bits per heavy atom. The van der Waals surface area contributed by atoms with Gasteiger partial charge >= 0.3 is 0 Å². The van der Waals surface area contributed by atoms with Crippen LogP contribution in [0, 0.1) is 12.8 Å². The van der Waals surface area contributed by atoms with E-state index in [1.54, 1.807) is 13.1 Å². The summed E-state index contributed by atoms with van der Waals surface area (Å²) in [5, 5.41) is 0. The van der Waals surface area contributed by atoms with Crippen molar-refractivity contribution in [1.82, 2.24) is 9.71 Å². The second kappa shape index (κ2) is 7.22. The third-order valence-electron chi connectivity index (χ3n) is 3.97. The van der Waals surface area contributed by atoms with Gasteiger partial charge in [0.05, 0.1) is 18.6 Å². The average Bonchev–Trinajstić information content (AvgIpc) is 2.48. The van der Waals surface area contributed by atoms with E-state index in [0.29, 0.717) is 6.61 Å². The van der Waals surface area contributed by atoms with Crippen molar-refractivity contribution in [2.24, 2.45) is 5.92 Å². The molecule has 0 aromatic carbocycles. The molecule has 0 radical (unpaired) electrons. The maximum Gasteiger partial charge on any atom is 0.211 e. The highest BCUT2D eigenvalue weighted by Crippen LogP contribution is 2.26. The summed E-state index contributed by atoms with van der Waals surface area (Å²) < 4.78 is 32.1. The second-order valence-electron chi connectivity index (χ2n) is 5.62. The van der Waals surface area contributed by atoms with Crippen LogP contribution in [-0.4, -0.2) is 31.8 Å². The molecule has 2 atom stereocenters. The van der Waals surface area contributed by atoms with Crippen LogP contribution in [0.5, 0.6) is 5.75 Å². The predicted molar refractivity (Wildman–Crippen MR) is 82.8 cm³/mol. The molecule has 1 aliphatic carbocycles. The molecule has 0 saturated heterocycles. The van der Waals surface area contributed by atoms with Crippen LogP contribution in [0.4, 0.5) is 0 Å². The first-order valence-electron chi connectivity index (χ1n) is 7.55. The quantitative estimate of drug-likeness (QED) is 0.875. The first kappa shape index (κ1) is 16.2. The number of nitrogens with zero attached hydrogens (tertiary/aromatic N) is 1. The molecular weight excluding hydrogens is 288 g/mol. The molecule has 21 heavy (non-hydrogen) atoms. The Morgan fingerprint density at radius 2 is 2.10 bits per heavy atom. The number of nitrogens with one attached hydrogen (secondary N) is 1. The maximum atomic E-state index is 11.8. The number of hydrogen-bond donors (Lipinski definition) is 1. The molecule has 1 aliphatic rings. The molecule has 1 aromatic rings. The molecule has 6 heteroatoms. The largest absolute Gasteiger partial charge is 0.492 e. The first-order chi connectivity index (χ1) is 10.00. The van der Waals surface area contributed by atoms with E-state index >= 15 is 0 Å². The number of pyridine rings is 1. The number of hydrogen-bond acceptors (Lipinski definition) is 4. The van der Waals surface area contributed by atoms with Crippen LogP contribution in [0.3, 0.4) is 0 Å². The van der Waals surface area contributed by atoms with Crippen molar-refractivity contribution in [3.05, 3.63) is 24.0 Å². The van der Waals surface area contributed by atoms with E-state index in [0.717, 1.165) is 37.1 Å². The Balaban J connectivity index is 1.94. The highest BCUT2D eigenvalue weighted by atomic mass is 32.2. The van der Waals surface area contributed by atoms with Crippen LogP contribution in [0.2, 0.25) is 0 Å². The van der Waals surface area contributed by atoms with Gasteiger partial charge in [-0.1, -0.05) is 12.8 Å². The van der Waals surface area contributed by atoms with Crippen molar-refractivity contribution < 1.29 is 13.2 Å². The zero-order valence-corrected chi connectivity index (χ0v) is 13.5. The molecule has 2 rings (SSSR count). The number of ether oxygens (including phenoxy) is 1. The van der Waals surface area contributed by atoms with Gasteiger partial charge in [-0.15, -0.1) is 0 Å². The highest BCUT2D eigenvalue weighted by molar-refractivity contribution is 7.89. The van der Waals surface area contributed by atoms with Gasteiger partial charge in [-0.3, -0.25) is 4.98 Å². The Kier molecular flexibility index (Phi) is 5.58. The number of aromatic nitrogens is 1. The zero-order valence-electron chi connectivity index (χ0n) is 12.7. The minimum Gasteiger partial charge on any atom is -0.492 e. The summed E-state index contributed by atoms with van der Waals surface area (Å²) >= 11 is 0. The van der Waals surface area contributed by atoms with Crippen LogP contribution in [-0.2, 0) is 10.0 Å². The summed E-state index contributed by atoms with van der Waals surface area (Å²) in [6.07, 6.45) is 5.79. The van der Waals surface area contributed by atoms with Crippen LogP contribution in [0.15, 0.2) is 18.3 Å². The Labute approximate surface area is 127 Å². The molecule has 1 fully saturated rings. The second-order valence-corrected chi connectivity index (χ2v) is 7.66. The Bertz CT molecular complexity index is 543. The fourth-order valence-electron chi connectivity index (χ4n) is 2.62. The molecule has 0 aliphatic heterocycles. The molecule has 0 amide bonds. The van der Waals surface area contributed by atoms with Crippen LogP contribution in [0.1, 0.15) is 38.3 Å². The van der Waals surface area contributed by atoms with Crippen LogP contribution >= 0.6 is 0 Å². The molecule has 1 heterocycles. The van der Waals surface area contributed by atoms with E-state index in [1.807, 2.05) is 19.1 Å². The Morgan fingerprint density at radius 1 is 1.33 bits per heavy atom. The standard InChI is InChI=1S/C15H24N2O3S/c1-3-21(18,19)17-15-7-5-4-6-13(15)11-20-14-9-8-12(2)16-10-14/h8-10,13,15,17H,3-7,11H2,1-2H3/t13-,15+/m1/s1. The molecule has 5 nitrogen and oxygen atoms in total. The van der Waals surface area contributed by atoms with Gasteiger partial charge in [-0.2, -0.15) is 0 Å². The lowest BCUT2D eigenvalue weighted by Crippen LogP contribution is -2.44. The van der Waals surface area contributed by atoms with E-state index in [-0.39, 0.29) is 17.7 Å². The average molecular weight is 312 g/mol. The van der Waals surface area contributed by atoms with Gasteiger partial charge in [0.2, 0.25) is 10.0 Å². The lowest BCUT2D eigenvalue weighted by molar-refractivity contribution is 0.180. The third kappa shape index (κ3) is 4.97. The van der Waals surface area contributed by atoms with Gasteiger partial charge in [0.1, 0.15) is 5.75 Å². The fourth-order valence-corrected chi connectivity index (χ4v) is 3.56. The molecule has 1 aromatic heterocycles. The lowest BCUT2D eigenvalue weighted by atomic mass is 9.86. The van der Waals surface area contributed by atoms with Crippen LogP contribution in [0.25, 0.3) is 0 Å². The van der Waals surface area contributed by atoms with E-state index in [4.69, 9.17) is 4.74 Å². The van der Waals surface area contributed by atoms with Crippen molar-refractivity contribution in [2.75, 3.05) is 12.4 Å². The van der Waals surface area contributed by atoms with E-state index < -0.39 is 10.0 Å². The predicted octanol–water partition coefficient (Wildman–Crippen LogP) is 2.27. The van der Waals surface area contributed by atoms with Crippen molar-refractivity contribution in [3.63, 3.8) is 0 Å². The summed E-state index contributed by atoms with van der Waals surface area (Å²) in [7, 11) is -3.16. The van der Waals surface area contributed by atoms with E-state index in [2.05, 4.69) is 9.71 Å². The molecule has 0 bridgehead atoms. The van der Waals surface area contributed by atoms with Gasteiger partial charge in [-0.25, -0.2) is 13.1 Å². The maximum absolute atomic E-state index is 11.8. The van der Waals surface area contributed by atoms with Crippen molar-refractivity contribution >= 4 is 10.0 Å². The van der Waals surface area contributed by atoms with Gasteiger partial charge in [0, 0.05) is 17.7 Å². The van der Waals surface area contributed by atoms with Crippen LogP contribution < -0.4 is 9.46 Å². The van der Waals surface area contributed by atoms with Gasteiger partial charge in [-0.05, 0) is 38.8 Å². The first-order valence-corrected chi connectivity index (χ1v) is 9.21. The summed E-state index contributed by atoms with van der Waals surface area (Å²) in [4.78, 5) is 4.20. The van der Waals surface area contributed by atoms with Crippen molar-refractivity contribution in [3.8, 4) is 5.75 Å². The summed E-state index contributed by atoms with van der Waals surface area (Å²) in [6.45, 7) is 4.12. The lowest BCUT2D eigenvalue weighted by Gasteiger charge is -2.31. The monoisotopic (exact) mass is 312 g/mol. The Hall–Kier alpha value is -1.14. The van der Waals surface area contributed by atoms with E-state index in [9.17, 15) is 8.42 Å². The van der Waals surface area contributed by atoms with Crippen molar-refractivity contribution in [1.29, 1.82) is 0 Å². The fraction of sp³-hybridized carbons (Fsp3) is 0.667. The number of aryl methyl sites for hydroxylation is 1. The normalized spacial score (nSPS) is 23.0. The van der Waals surface area contributed by atoms with Gasteiger partial charge in [0.15, 0.2) is 0 Å². The molecule has 0 unspecified atom stereocenters. The van der Waals surface area contributed by atoms with Crippen molar-refractivity contribution in [2.45, 2.75) is 45.6 Å². The highest BCUT2D eigenvalue weighted by Gasteiger charge is 2.28. The SMILES string of the molecule is CCS(=O)(=O)N[C@H]1CCCC[C@@H]1COc1ccc(C)nc1. The smallest absolute Gasteiger partial charge is 0.211 e. The van der Waals surface area contributed by atoms with E-state index in [1.165, 1.54) is 0 Å². The number of rotatable bonds is 6. The minimum absolute atomic E-state index is 0.0119. The van der Waals surface area contributed by atoms with Gasteiger partial charge < -0.3 is 4.74 Å². The summed E-state index contributed by atoms with van der Waals surface area (Å²) in [5.41, 5.74) is 0.952. The zero-order chi connectivity index (χ0) is 15.3.